The van der Waals surface area contributed by atoms with Crippen LogP contribution in [0.3, 0.4) is 0 Å². The average molecular weight is 434 g/mol. The summed E-state index contributed by atoms with van der Waals surface area (Å²) in [4.78, 5) is 25.7. The van der Waals surface area contributed by atoms with Crippen LogP contribution in [-0.4, -0.2) is 16.2 Å². The maximum Gasteiger partial charge on any atom is 0.308 e. The fraction of sp³-hybridized carbons (Fsp3) is 0.0556. The second-order valence-electron chi connectivity index (χ2n) is 5.16. The third-order valence-electron chi connectivity index (χ3n) is 3.32. The zero-order chi connectivity index (χ0) is 18.0. The molecular weight excluding hydrogens is 422 g/mol. The molecule has 3 rings (SSSR count). The van der Waals surface area contributed by atoms with E-state index in [4.69, 9.17) is 17.0 Å². The molecule has 0 radical (unpaired) electrons. The highest BCUT2D eigenvalue weighted by Crippen LogP contribution is 2.36. The predicted octanol–water partition coefficient (Wildman–Crippen LogP) is 4.78. The summed E-state index contributed by atoms with van der Waals surface area (Å²) < 4.78 is 6.43. The van der Waals surface area contributed by atoms with Crippen LogP contribution in [0.5, 0.6) is 5.75 Å². The van der Waals surface area contributed by atoms with E-state index in [9.17, 15) is 9.59 Å². The largest absolute Gasteiger partial charge is 0.427 e. The van der Waals surface area contributed by atoms with Crippen molar-refractivity contribution in [2.24, 2.45) is 0 Å². The quantitative estimate of drug-likeness (QED) is 0.301. The summed E-state index contributed by atoms with van der Waals surface area (Å²) in [5.74, 6) is -0.0587. The molecule has 0 aromatic heterocycles. The first kappa shape index (κ1) is 17.8. The van der Waals surface area contributed by atoms with Crippen LogP contribution in [-0.2, 0) is 9.59 Å². The zero-order valence-corrected chi connectivity index (χ0v) is 16.3. The van der Waals surface area contributed by atoms with Gasteiger partial charge in [-0.2, -0.15) is 0 Å². The number of esters is 1. The summed E-state index contributed by atoms with van der Waals surface area (Å²) in [7, 11) is 0. The molecule has 1 fully saturated rings. The van der Waals surface area contributed by atoms with E-state index in [0.717, 1.165) is 15.7 Å². The molecule has 4 nitrogen and oxygen atoms in total. The first-order valence-electron chi connectivity index (χ1n) is 7.26. The molecule has 1 aliphatic rings. The lowest BCUT2D eigenvalue weighted by Gasteiger charge is -2.14. The van der Waals surface area contributed by atoms with Crippen LogP contribution in [0.25, 0.3) is 6.08 Å². The lowest BCUT2D eigenvalue weighted by molar-refractivity contribution is -0.131. The van der Waals surface area contributed by atoms with E-state index in [2.05, 4.69) is 15.9 Å². The number of carbonyl (C=O) groups excluding carboxylic acids is 2. The minimum absolute atomic E-state index is 0.151. The van der Waals surface area contributed by atoms with Crippen molar-refractivity contribution in [1.82, 2.24) is 0 Å². The number of halogens is 1. The Bertz CT molecular complexity index is 876. The summed E-state index contributed by atoms with van der Waals surface area (Å²) in [6, 6.07) is 14.3. The van der Waals surface area contributed by atoms with Crippen molar-refractivity contribution in [1.29, 1.82) is 0 Å². The molecule has 2 aromatic carbocycles. The highest BCUT2D eigenvalue weighted by atomic mass is 79.9. The number of amides is 1. The molecule has 0 bridgehead atoms. The van der Waals surface area contributed by atoms with Gasteiger partial charge in [0.2, 0.25) is 0 Å². The maximum absolute atomic E-state index is 12.7. The minimum atomic E-state index is -0.372. The predicted molar refractivity (Wildman–Crippen MR) is 108 cm³/mol. The van der Waals surface area contributed by atoms with Crippen molar-refractivity contribution < 1.29 is 14.3 Å². The van der Waals surface area contributed by atoms with Crippen molar-refractivity contribution in [2.75, 3.05) is 4.90 Å². The van der Waals surface area contributed by atoms with Gasteiger partial charge in [0.05, 0.1) is 10.6 Å². The number of benzene rings is 2. The van der Waals surface area contributed by atoms with E-state index in [1.807, 2.05) is 24.3 Å². The van der Waals surface area contributed by atoms with Crippen LogP contribution < -0.4 is 9.64 Å². The number of hydrogen-bond donors (Lipinski definition) is 0. The number of hydrogen-bond acceptors (Lipinski definition) is 5. The van der Waals surface area contributed by atoms with E-state index in [-0.39, 0.29) is 11.9 Å². The van der Waals surface area contributed by atoms with Gasteiger partial charge in [-0.25, -0.2) is 0 Å². The summed E-state index contributed by atoms with van der Waals surface area (Å²) in [5.41, 5.74) is 1.56. The van der Waals surface area contributed by atoms with Gasteiger partial charge in [0.1, 0.15) is 5.75 Å². The Kier molecular flexibility index (Phi) is 5.36. The van der Waals surface area contributed by atoms with Gasteiger partial charge in [0.15, 0.2) is 4.32 Å². The highest BCUT2D eigenvalue weighted by Gasteiger charge is 2.33. The number of ether oxygens (including phenoxy) is 1. The molecule has 0 spiro atoms. The van der Waals surface area contributed by atoms with Gasteiger partial charge >= 0.3 is 5.97 Å². The lowest BCUT2D eigenvalue weighted by atomic mass is 10.2. The number of rotatable bonds is 3. The Balaban J connectivity index is 1.82. The van der Waals surface area contributed by atoms with Crippen molar-refractivity contribution >= 4 is 67.9 Å². The molecule has 0 unspecified atom stereocenters. The normalized spacial score (nSPS) is 15.8. The van der Waals surface area contributed by atoms with E-state index >= 15 is 0 Å². The zero-order valence-electron chi connectivity index (χ0n) is 13.1. The van der Waals surface area contributed by atoms with E-state index in [1.54, 1.807) is 30.3 Å². The number of carbonyl (C=O) groups is 2. The third kappa shape index (κ3) is 4.18. The molecular formula is C18H12BrNO3S2. The first-order valence-corrected chi connectivity index (χ1v) is 9.28. The molecule has 126 valence electrons. The van der Waals surface area contributed by atoms with Gasteiger partial charge in [0.25, 0.3) is 5.91 Å². The Labute approximate surface area is 163 Å². The van der Waals surface area contributed by atoms with Gasteiger partial charge in [-0.05, 0) is 48.0 Å². The Hall–Kier alpha value is -1.96. The lowest BCUT2D eigenvalue weighted by Crippen LogP contribution is -2.27. The topological polar surface area (TPSA) is 46.6 Å². The number of nitrogens with zero attached hydrogens (tertiary/aromatic N) is 1. The van der Waals surface area contributed by atoms with E-state index < -0.39 is 0 Å². The van der Waals surface area contributed by atoms with Crippen LogP contribution >= 0.6 is 39.9 Å². The third-order valence-corrected chi connectivity index (χ3v) is 5.15. The molecule has 1 heterocycles. The highest BCUT2D eigenvalue weighted by molar-refractivity contribution is 9.10. The molecule has 0 N–H and O–H groups in total. The summed E-state index contributed by atoms with van der Waals surface area (Å²) in [5, 5.41) is 0. The van der Waals surface area contributed by atoms with Gasteiger partial charge in [-0.1, -0.05) is 52.0 Å². The number of thiocarbonyl (C=S) groups is 1. The molecule has 0 aliphatic carbocycles. The summed E-state index contributed by atoms with van der Waals surface area (Å²) in [6.45, 7) is 1.35. The van der Waals surface area contributed by atoms with Gasteiger partial charge in [-0.3, -0.25) is 14.5 Å². The van der Waals surface area contributed by atoms with Crippen LogP contribution in [0, 0.1) is 0 Å². The molecule has 0 saturated carbocycles. The number of anilines is 1. The summed E-state index contributed by atoms with van der Waals surface area (Å²) >= 11 is 9.99. The maximum atomic E-state index is 12.7. The van der Waals surface area contributed by atoms with Crippen LogP contribution in [0.4, 0.5) is 5.69 Å². The molecule has 1 amide bonds. The van der Waals surface area contributed by atoms with Crippen LogP contribution in [0.2, 0.25) is 0 Å². The van der Waals surface area contributed by atoms with Gasteiger partial charge < -0.3 is 4.74 Å². The van der Waals surface area contributed by atoms with E-state index in [0.29, 0.717) is 15.0 Å². The Morgan fingerprint density at radius 1 is 1.16 bits per heavy atom. The van der Waals surface area contributed by atoms with E-state index in [1.165, 1.54) is 23.6 Å². The average Bonchev–Trinajstić information content (AvgIpc) is 2.84. The first-order chi connectivity index (χ1) is 11.9. The van der Waals surface area contributed by atoms with Crippen molar-refractivity contribution in [3.05, 3.63) is 63.5 Å². The smallest absolute Gasteiger partial charge is 0.308 e. The van der Waals surface area contributed by atoms with Crippen molar-refractivity contribution in [2.45, 2.75) is 6.92 Å². The molecule has 25 heavy (non-hydrogen) atoms. The van der Waals surface area contributed by atoms with Crippen LogP contribution in [0.1, 0.15) is 12.5 Å². The molecule has 2 aromatic rings. The Morgan fingerprint density at radius 2 is 1.80 bits per heavy atom. The van der Waals surface area contributed by atoms with Gasteiger partial charge in [-0.15, -0.1) is 0 Å². The van der Waals surface area contributed by atoms with Crippen molar-refractivity contribution in [3.8, 4) is 5.75 Å². The second kappa shape index (κ2) is 7.51. The second-order valence-corrected chi connectivity index (χ2v) is 7.75. The van der Waals surface area contributed by atoms with Crippen LogP contribution in [0.15, 0.2) is 57.9 Å². The standard InChI is InChI=1S/C18H12BrNO3S2/c1-11(21)23-15-8-2-12(3-9-15)10-16-17(22)20(18(24)25-16)14-6-4-13(19)5-7-14/h2-10H,1H3/b16-10-. The Morgan fingerprint density at radius 3 is 2.40 bits per heavy atom. The fourth-order valence-corrected chi connectivity index (χ4v) is 3.79. The van der Waals surface area contributed by atoms with Gasteiger partial charge in [0, 0.05) is 11.4 Å². The SMILES string of the molecule is CC(=O)Oc1ccc(/C=C2\SC(=S)N(c3ccc(Br)cc3)C2=O)cc1. The molecule has 1 saturated heterocycles. The molecule has 7 heteroatoms. The van der Waals surface area contributed by atoms with Crippen molar-refractivity contribution in [3.63, 3.8) is 0 Å². The summed E-state index contributed by atoms with van der Waals surface area (Å²) in [6.07, 6.45) is 1.77. The molecule has 1 aliphatic heterocycles. The molecule has 0 atom stereocenters. The number of thioether (sulfide) groups is 1. The monoisotopic (exact) mass is 433 g/mol. The fourth-order valence-electron chi connectivity index (χ4n) is 2.23. The minimum Gasteiger partial charge on any atom is -0.427 e.